The summed E-state index contributed by atoms with van der Waals surface area (Å²) < 4.78 is 4.65. The summed E-state index contributed by atoms with van der Waals surface area (Å²) in [6, 6.07) is 34.7. The number of benzene rings is 4. The van der Waals surface area contributed by atoms with E-state index in [0.29, 0.717) is 0 Å². The molecule has 0 N–H and O–H groups in total. The second-order valence-corrected chi connectivity index (χ2v) is 10.3. The van der Waals surface area contributed by atoms with Crippen LogP contribution in [0.3, 0.4) is 0 Å². The van der Waals surface area contributed by atoms with E-state index >= 15 is 0 Å². The van der Waals surface area contributed by atoms with Gasteiger partial charge < -0.3 is 4.57 Å². The fourth-order valence-corrected chi connectivity index (χ4v) is 6.30. The molecule has 0 saturated heterocycles. The Kier molecular flexibility index (Phi) is 5.16. The zero-order chi connectivity index (χ0) is 27.5. The molecule has 4 heteroatoms. The topological polar surface area (TPSA) is 35.1 Å². The van der Waals surface area contributed by atoms with Gasteiger partial charge in [0.15, 0.2) is 0 Å². The van der Waals surface area contributed by atoms with Crippen LogP contribution in [0.1, 0.15) is 18.3 Å². The predicted octanol–water partition coefficient (Wildman–Crippen LogP) is 9.48. The number of allylic oxidation sites excluding steroid dienone is 1. The lowest BCUT2D eigenvalue weighted by Gasteiger charge is -2.12. The summed E-state index contributed by atoms with van der Waals surface area (Å²) in [6.07, 6.45) is 9.76. The summed E-state index contributed by atoms with van der Waals surface area (Å²) in [5.41, 5.74) is 9.65. The summed E-state index contributed by atoms with van der Waals surface area (Å²) >= 11 is 0. The van der Waals surface area contributed by atoms with E-state index in [-0.39, 0.29) is 0 Å². The van der Waals surface area contributed by atoms with Crippen LogP contribution in [0, 0.1) is 0 Å². The normalized spacial score (nSPS) is 12.0. The highest BCUT2D eigenvalue weighted by Gasteiger charge is 2.19. The molecule has 0 amide bonds. The van der Waals surface area contributed by atoms with E-state index in [2.05, 4.69) is 124 Å². The van der Waals surface area contributed by atoms with E-state index < -0.39 is 0 Å². The van der Waals surface area contributed by atoms with E-state index in [1.807, 2.05) is 31.5 Å². The molecule has 4 aromatic carbocycles. The number of pyridine rings is 2. The predicted molar refractivity (Wildman–Crippen MR) is 173 cm³/mol. The van der Waals surface area contributed by atoms with Crippen molar-refractivity contribution in [2.75, 3.05) is 0 Å². The van der Waals surface area contributed by atoms with Crippen molar-refractivity contribution in [3.8, 4) is 16.8 Å². The molecule has 194 valence electrons. The molecule has 0 aliphatic heterocycles. The number of nitrogens with zero attached hydrogens (tertiary/aromatic N) is 4. The molecule has 0 radical (unpaired) electrons. The molecule has 0 aliphatic carbocycles. The molecule has 0 aliphatic rings. The molecule has 8 rings (SSSR count). The van der Waals surface area contributed by atoms with Gasteiger partial charge in [0.1, 0.15) is 5.65 Å². The summed E-state index contributed by atoms with van der Waals surface area (Å²) in [5, 5.41) is 5.96. The molecule has 0 fully saturated rings. The molecular formula is C37H26N4. The summed E-state index contributed by atoms with van der Waals surface area (Å²) in [4.78, 5) is 9.47. The van der Waals surface area contributed by atoms with Crippen LogP contribution in [-0.4, -0.2) is 18.9 Å². The van der Waals surface area contributed by atoms with Crippen molar-refractivity contribution in [1.29, 1.82) is 0 Å². The largest absolute Gasteiger partial charge is 0.309 e. The van der Waals surface area contributed by atoms with Gasteiger partial charge in [0.2, 0.25) is 0 Å². The van der Waals surface area contributed by atoms with Crippen molar-refractivity contribution in [3.63, 3.8) is 0 Å². The van der Waals surface area contributed by atoms with Gasteiger partial charge in [0.05, 0.1) is 27.9 Å². The van der Waals surface area contributed by atoms with Crippen molar-refractivity contribution < 1.29 is 0 Å². The molecule has 8 aromatic rings. The zero-order valence-corrected chi connectivity index (χ0v) is 22.6. The Bertz CT molecular complexity index is 2340. The smallest absolute Gasteiger partial charge is 0.146 e. The second-order valence-electron chi connectivity index (χ2n) is 10.3. The fourth-order valence-electron chi connectivity index (χ4n) is 6.30. The maximum absolute atomic E-state index is 5.12. The Morgan fingerprint density at radius 2 is 1.46 bits per heavy atom. The third-order valence-electron chi connectivity index (χ3n) is 8.05. The van der Waals surface area contributed by atoms with Gasteiger partial charge in [-0.2, -0.15) is 0 Å². The number of fused-ring (bicyclic) bond motifs is 9. The van der Waals surface area contributed by atoms with Gasteiger partial charge in [-0.15, -0.1) is 0 Å². The highest BCUT2D eigenvalue weighted by Crippen LogP contribution is 2.39. The first-order chi connectivity index (χ1) is 20.3. The first-order valence-electron chi connectivity index (χ1n) is 13.8. The van der Waals surface area contributed by atoms with Gasteiger partial charge >= 0.3 is 0 Å². The van der Waals surface area contributed by atoms with Crippen LogP contribution in [0.5, 0.6) is 0 Å². The Morgan fingerprint density at radius 3 is 2.24 bits per heavy atom. The Hall–Kier alpha value is -5.48. The van der Waals surface area contributed by atoms with Crippen molar-refractivity contribution in [3.05, 3.63) is 133 Å². The van der Waals surface area contributed by atoms with E-state index in [4.69, 9.17) is 4.98 Å². The van der Waals surface area contributed by atoms with Crippen LogP contribution in [0.4, 0.5) is 0 Å². The Labute approximate surface area is 237 Å². The third-order valence-corrected chi connectivity index (χ3v) is 8.05. The van der Waals surface area contributed by atoms with E-state index in [9.17, 15) is 0 Å². The van der Waals surface area contributed by atoms with Crippen molar-refractivity contribution in [1.82, 2.24) is 18.9 Å². The summed E-state index contributed by atoms with van der Waals surface area (Å²) in [5.74, 6) is 0. The van der Waals surface area contributed by atoms with Crippen LogP contribution in [0.25, 0.3) is 78.1 Å². The SMILES string of the molecule is C=Cc1nc2c3cc4c(cc3c3ccccc3n2c1/C=C\C)c1ccccc1n4-c1cccc(-c2cccnc2)c1. The van der Waals surface area contributed by atoms with Crippen LogP contribution in [0.15, 0.2) is 122 Å². The lowest BCUT2D eigenvalue weighted by molar-refractivity contribution is 1.18. The van der Waals surface area contributed by atoms with E-state index in [1.165, 1.54) is 27.1 Å². The average molecular weight is 527 g/mol. The van der Waals surface area contributed by atoms with Crippen LogP contribution in [0.2, 0.25) is 0 Å². The maximum Gasteiger partial charge on any atom is 0.146 e. The number of hydrogen-bond donors (Lipinski definition) is 0. The van der Waals surface area contributed by atoms with Crippen molar-refractivity contribution >= 4 is 61.3 Å². The van der Waals surface area contributed by atoms with Gasteiger partial charge in [0, 0.05) is 45.2 Å². The Balaban J connectivity index is 1.54. The molecule has 0 spiro atoms. The lowest BCUT2D eigenvalue weighted by atomic mass is 10.0. The highest BCUT2D eigenvalue weighted by molar-refractivity contribution is 6.21. The standard InChI is InChI=1S/C37H26N4/c1-3-11-35-32(4-2)39-37-31-22-36-30(21-29(31)27-15-5-8-18-34(27)41(35)37)28-16-6-7-17-33(28)40(36)26-14-9-12-24(20-26)25-13-10-19-38-23-25/h3-23H,2H2,1H3/b11-3-. The quantitative estimate of drug-likeness (QED) is 0.214. The fraction of sp³-hybridized carbons (Fsp3) is 0.0270. The molecule has 0 atom stereocenters. The molecule has 0 bridgehead atoms. The molecule has 4 heterocycles. The number of aromatic nitrogens is 4. The zero-order valence-electron chi connectivity index (χ0n) is 22.6. The highest BCUT2D eigenvalue weighted by atomic mass is 15.0. The minimum Gasteiger partial charge on any atom is -0.309 e. The van der Waals surface area contributed by atoms with Gasteiger partial charge in [-0.1, -0.05) is 67.3 Å². The monoisotopic (exact) mass is 526 g/mol. The van der Waals surface area contributed by atoms with Crippen LogP contribution in [-0.2, 0) is 0 Å². The van der Waals surface area contributed by atoms with Crippen molar-refractivity contribution in [2.45, 2.75) is 6.92 Å². The molecule has 4 aromatic heterocycles. The Morgan fingerprint density at radius 1 is 0.683 bits per heavy atom. The first-order valence-corrected chi connectivity index (χ1v) is 13.8. The van der Waals surface area contributed by atoms with Crippen LogP contribution >= 0.6 is 0 Å². The summed E-state index contributed by atoms with van der Waals surface area (Å²) in [6.45, 7) is 6.12. The maximum atomic E-state index is 5.12. The number of imidazole rings is 1. The van der Waals surface area contributed by atoms with Crippen LogP contribution < -0.4 is 0 Å². The van der Waals surface area contributed by atoms with Gasteiger partial charge in [-0.05, 0) is 72.5 Å². The van der Waals surface area contributed by atoms with E-state index in [1.54, 1.807) is 0 Å². The van der Waals surface area contributed by atoms with Gasteiger partial charge in [-0.25, -0.2) is 4.98 Å². The van der Waals surface area contributed by atoms with Crippen molar-refractivity contribution in [2.24, 2.45) is 0 Å². The first kappa shape index (κ1) is 23.4. The molecule has 41 heavy (non-hydrogen) atoms. The number of rotatable bonds is 4. The van der Waals surface area contributed by atoms with Gasteiger partial charge in [0.25, 0.3) is 0 Å². The molecule has 0 saturated carbocycles. The second kappa shape index (κ2) is 9.04. The lowest BCUT2D eigenvalue weighted by Crippen LogP contribution is -1.96. The van der Waals surface area contributed by atoms with Gasteiger partial charge in [-0.3, -0.25) is 9.38 Å². The number of hydrogen-bond acceptors (Lipinski definition) is 2. The average Bonchev–Trinajstić information content (AvgIpc) is 3.56. The van der Waals surface area contributed by atoms with E-state index in [0.717, 1.165) is 50.3 Å². The summed E-state index contributed by atoms with van der Waals surface area (Å²) in [7, 11) is 0. The molecule has 0 unspecified atom stereocenters. The molecular weight excluding hydrogens is 500 g/mol. The minimum atomic E-state index is 0.880. The minimum absolute atomic E-state index is 0.880. The third kappa shape index (κ3) is 3.41. The molecule has 4 nitrogen and oxygen atoms in total. The number of para-hydroxylation sites is 2.